The van der Waals surface area contributed by atoms with E-state index in [1.165, 1.54) is 17.7 Å². The normalized spacial score (nSPS) is 24.7. The molecule has 1 atom stereocenters. The molecule has 0 aromatic heterocycles. The zero-order valence-corrected chi connectivity index (χ0v) is 8.59. The van der Waals surface area contributed by atoms with Gasteiger partial charge in [-0.2, -0.15) is 0 Å². The highest BCUT2D eigenvalue weighted by Crippen LogP contribution is 2.37. The third-order valence-electron chi connectivity index (χ3n) is 2.78. The fraction of sp³-hybridized carbons (Fsp3) is 0.500. The Bertz CT molecular complexity index is 315. The molecule has 13 heavy (non-hydrogen) atoms. The highest BCUT2D eigenvalue weighted by Gasteiger charge is 2.28. The van der Waals surface area contributed by atoms with Crippen molar-refractivity contribution in [1.29, 1.82) is 0 Å². The van der Waals surface area contributed by atoms with Crippen LogP contribution in [0.2, 0.25) is 0 Å². The molecule has 0 spiro atoms. The monoisotopic (exact) mass is 175 g/mol. The van der Waals surface area contributed by atoms with Crippen LogP contribution in [0.3, 0.4) is 0 Å². The molecule has 1 heteroatoms. The van der Waals surface area contributed by atoms with Gasteiger partial charge in [-0.05, 0) is 37.8 Å². The summed E-state index contributed by atoms with van der Waals surface area (Å²) in [6.45, 7) is 6.83. The van der Waals surface area contributed by atoms with E-state index in [0.29, 0.717) is 5.92 Å². The van der Waals surface area contributed by atoms with Crippen LogP contribution in [0.1, 0.15) is 38.7 Å². The van der Waals surface area contributed by atoms with Crippen molar-refractivity contribution in [2.75, 3.05) is 5.32 Å². The lowest BCUT2D eigenvalue weighted by atomic mass is 9.82. The van der Waals surface area contributed by atoms with Crippen LogP contribution in [0.4, 0.5) is 5.69 Å². The van der Waals surface area contributed by atoms with E-state index in [9.17, 15) is 0 Å². The van der Waals surface area contributed by atoms with Crippen LogP contribution in [-0.4, -0.2) is 5.54 Å². The van der Waals surface area contributed by atoms with Gasteiger partial charge in [0.05, 0.1) is 0 Å². The molecule has 0 bridgehead atoms. The Kier molecular flexibility index (Phi) is 1.83. The minimum absolute atomic E-state index is 0.244. The van der Waals surface area contributed by atoms with Crippen molar-refractivity contribution in [3.05, 3.63) is 29.8 Å². The van der Waals surface area contributed by atoms with Crippen LogP contribution in [0, 0.1) is 0 Å². The van der Waals surface area contributed by atoms with Crippen LogP contribution in [0.15, 0.2) is 24.3 Å². The molecule has 70 valence electrons. The van der Waals surface area contributed by atoms with Gasteiger partial charge in [0.2, 0.25) is 0 Å². The van der Waals surface area contributed by atoms with Gasteiger partial charge in [-0.25, -0.2) is 0 Å². The van der Waals surface area contributed by atoms with Gasteiger partial charge in [-0.3, -0.25) is 0 Å². The fourth-order valence-electron chi connectivity index (χ4n) is 2.33. The number of nitrogens with one attached hydrogen (secondary N) is 1. The van der Waals surface area contributed by atoms with Crippen molar-refractivity contribution in [3.63, 3.8) is 0 Å². The quantitative estimate of drug-likeness (QED) is 0.637. The largest absolute Gasteiger partial charge is 0.380 e. The van der Waals surface area contributed by atoms with Gasteiger partial charge in [0.15, 0.2) is 0 Å². The van der Waals surface area contributed by atoms with Crippen LogP contribution < -0.4 is 5.32 Å². The molecule has 1 nitrogen and oxygen atoms in total. The van der Waals surface area contributed by atoms with Gasteiger partial charge in [0.25, 0.3) is 0 Å². The smallest absolute Gasteiger partial charge is 0.0379 e. The zero-order chi connectivity index (χ0) is 9.47. The number of para-hydroxylation sites is 1. The van der Waals surface area contributed by atoms with Crippen LogP contribution in [0.5, 0.6) is 0 Å². The van der Waals surface area contributed by atoms with Crippen molar-refractivity contribution < 1.29 is 0 Å². The molecule has 2 rings (SSSR count). The van der Waals surface area contributed by atoms with Gasteiger partial charge < -0.3 is 5.32 Å². The highest BCUT2D eigenvalue weighted by molar-refractivity contribution is 5.56. The van der Waals surface area contributed by atoms with Crippen LogP contribution >= 0.6 is 0 Å². The summed E-state index contributed by atoms with van der Waals surface area (Å²) < 4.78 is 0. The average Bonchev–Trinajstić information content (AvgIpc) is 2.02. The summed E-state index contributed by atoms with van der Waals surface area (Å²) in [5.41, 5.74) is 3.02. The number of benzene rings is 1. The Labute approximate surface area is 80.2 Å². The third-order valence-corrected chi connectivity index (χ3v) is 2.78. The molecule has 1 aromatic carbocycles. The Hall–Kier alpha value is -0.980. The van der Waals surface area contributed by atoms with Gasteiger partial charge in [-0.15, -0.1) is 0 Å². The molecule has 1 aliphatic rings. The topological polar surface area (TPSA) is 12.0 Å². The summed E-state index contributed by atoms with van der Waals surface area (Å²) in [4.78, 5) is 0. The minimum atomic E-state index is 0.244. The summed E-state index contributed by atoms with van der Waals surface area (Å²) in [5, 5.41) is 3.57. The summed E-state index contributed by atoms with van der Waals surface area (Å²) >= 11 is 0. The van der Waals surface area contributed by atoms with Gasteiger partial charge >= 0.3 is 0 Å². The molecule has 0 saturated heterocycles. The van der Waals surface area contributed by atoms with E-state index in [1.807, 2.05) is 0 Å². The maximum Gasteiger partial charge on any atom is 0.0379 e. The van der Waals surface area contributed by atoms with Crippen molar-refractivity contribution in [3.8, 4) is 0 Å². The van der Waals surface area contributed by atoms with Crippen molar-refractivity contribution in [2.45, 2.75) is 38.6 Å². The van der Waals surface area contributed by atoms with E-state index in [4.69, 9.17) is 0 Å². The second-order valence-corrected chi connectivity index (χ2v) is 4.70. The molecule has 1 N–H and O–H groups in total. The molecule has 0 unspecified atom stereocenters. The Morgan fingerprint density at radius 3 is 2.77 bits per heavy atom. The molecule has 0 radical (unpaired) electrons. The second kappa shape index (κ2) is 2.76. The van der Waals surface area contributed by atoms with E-state index in [1.54, 1.807) is 0 Å². The van der Waals surface area contributed by atoms with E-state index in [0.717, 1.165) is 0 Å². The zero-order valence-electron chi connectivity index (χ0n) is 8.59. The molecule has 1 heterocycles. The van der Waals surface area contributed by atoms with Crippen molar-refractivity contribution in [2.24, 2.45) is 0 Å². The lowest BCUT2D eigenvalue weighted by Crippen LogP contribution is -2.36. The third kappa shape index (κ3) is 1.55. The standard InChI is InChI=1S/C12H17N/c1-9-8-12(2,3)13-11-7-5-4-6-10(9)11/h4-7,9,13H,8H2,1-3H3/t9-/m1/s1. The van der Waals surface area contributed by atoms with E-state index in [2.05, 4.69) is 50.4 Å². The molecule has 0 amide bonds. The Balaban J connectivity index is 2.43. The summed E-state index contributed by atoms with van der Waals surface area (Å²) in [5.74, 6) is 0.674. The molecule has 1 aliphatic heterocycles. The average molecular weight is 175 g/mol. The first-order chi connectivity index (χ1) is 6.08. The Morgan fingerprint density at radius 1 is 1.31 bits per heavy atom. The van der Waals surface area contributed by atoms with Crippen LogP contribution in [-0.2, 0) is 0 Å². The predicted molar refractivity (Wildman–Crippen MR) is 57.2 cm³/mol. The number of hydrogen-bond acceptors (Lipinski definition) is 1. The lowest BCUT2D eigenvalue weighted by molar-refractivity contribution is 0.454. The fourth-order valence-corrected chi connectivity index (χ4v) is 2.33. The summed E-state index contributed by atoms with van der Waals surface area (Å²) in [6, 6.07) is 8.62. The Morgan fingerprint density at radius 2 is 2.00 bits per heavy atom. The molecule has 0 aliphatic carbocycles. The molecule has 0 fully saturated rings. The first-order valence-corrected chi connectivity index (χ1v) is 4.96. The van der Waals surface area contributed by atoms with E-state index < -0.39 is 0 Å². The number of hydrogen-bond donors (Lipinski definition) is 1. The predicted octanol–water partition coefficient (Wildman–Crippen LogP) is 3.38. The first-order valence-electron chi connectivity index (χ1n) is 4.96. The number of anilines is 1. The molecular weight excluding hydrogens is 158 g/mol. The van der Waals surface area contributed by atoms with Crippen molar-refractivity contribution in [1.82, 2.24) is 0 Å². The van der Waals surface area contributed by atoms with Crippen molar-refractivity contribution >= 4 is 5.69 Å². The minimum Gasteiger partial charge on any atom is -0.380 e. The van der Waals surface area contributed by atoms with Crippen LogP contribution in [0.25, 0.3) is 0 Å². The maximum atomic E-state index is 3.57. The molecule has 1 aromatic rings. The summed E-state index contributed by atoms with van der Waals surface area (Å²) in [7, 11) is 0. The van der Waals surface area contributed by atoms with Gasteiger partial charge in [0, 0.05) is 11.2 Å². The van der Waals surface area contributed by atoms with E-state index >= 15 is 0 Å². The SMILES string of the molecule is C[C@@H]1CC(C)(C)Nc2ccccc21. The lowest BCUT2D eigenvalue weighted by Gasteiger charge is -2.37. The first kappa shape index (κ1) is 8.61. The maximum absolute atomic E-state index is 3.57. The number of fused-ring (bicyclic) bond motifs is 1. The summed E-state index contributed by atoms with van der Waals surface area (Å²) in [6.07, 6.45) is 1.21. The molecular formula is C12H17N. The molecule has 0 saturated carbocycles. The van der Waals surface area contributed by atoms with Gasteiger partial charge in [0.1, 0.15) is 0 Å². The second-order valence-electron chi connectivity index (χ2n) is 4.70. The highest BCUT2D eigenvalue weighted by atomic mass is 15.0. The van der Waals surface area contributed by atoms with E-state index in [-0.39, 0.29) is 5.54 Å². The van der Waals surface area contributed by atoms with Gasteiger partial charge in [-0.1, -0.05) is 25.1 Å². The number of rotatable bonds is 0.